The molecule has 0 aliphatic carbocycles. The molecule has 0 aromatic carbocycles. The first-order valence-corrected chi connectivity index (χ1v) is 9.76. The number of carbonyl (C=O) groups is 1. The van der Waals surface area contributed by atoms with Gasteiger partial charge >= 0.3 is 6.03 Å². The minimum Gasteiger partial charge on any atom is -0.380 e. The maximum absolute atomic E-state index is 12.3. The zero-order valence-electron chi connectivity index (χ0n) is 14.3. The molecule has 1 aromatic rings. The number of carbonyl (C=O) groups excluding carboxylic acids is 1. The number of fused-ring (bicyclic) bond motifs is 1. The largest absolute Gasteiger partial charge is 0.380 e. The molecule has 24 heavy (non-hydrogen) atoms. The van der Waals surface area contributed by atoms with Crippen molar-refractivity contribution in [2.45, 2.75) is 26.3 Å². The van der Waals surface area contributed by atoms with E-state index in [1.165, 1.54) is 5.01 Å². The van der Waals surface area contributed by atoms with Crippen LogP contribution in [0.3, 0.4) is 0 Å². The van der Waals surface area contributed by atoms with Crippen LogP contribution in [0.5, 0.6) is 0 Å². The summed E-state index contributed by atoms with van der Waals surface area (Å²) >= 11 is 1.74. The normalized spacial score (nSPS) is 30.0. The lowest BCUT2D eigenvalue weighted by Crippen LogP contribution is -2.47. The summed E-state index contributed by atoms with van der Waals surface area (Å²) in [5.41, 5.74) is 1.17. The van der Waals surface area contributed by atoms with Gasteiger partial charge in [0.15, 0.2) is 0 Å². The first kappa shape index (κ1) is 16.3. The van der Waals surface area contributed by atoms with Crippen LogP contribution in [0.15, 0.2) is 5.38 Å². The van der Waals surface area contributed by atoms with Crippen molar-refractivity contribution < 1.29 is 9.53 Å². The molecule has 3 fully saturated rings. The van der Waals surface area contributed by atoms with E-state index in [2.05, 4.69) is 20.6 Å². The van der Waals surface area contributed by atoms with Crippen molar-refractivity contribution in [3.8, 4) is 0 Å². The second kappa shape index (κ2) is 6.61. The van der Waals surface area contributed by atoms with Crippen LogP contribution < -0.4 is 5.32 Å². The molecule has 3 saturated heterocycles. The Morgan fingerprint density at radius 2 is 2.33 bits per heavy atom. The smallest absolute Gasteiger partial charge is 0.317 e. The predicted octanol–water partition coefficient (Wildman–Crippen LogP) is 1.71. The van der Waals surface area contributed by atoms with Crippen molar-refractivity contribution in [2.75, 3.05) is 45.9 Å². The molecular weight excluding hydrogens is 324 g/mol. The van der Waals surface area contributed by atoms with Gasteiger partial charge in [0, 0.05) is 55.1 Å². The molecule has 4 rings (SSSR count). The number of aromatic nitrogens is 1. The van der Waals surface area contributed by atoms with Gasteiger partial charge < -0.3 is 15.0 Å². The van der Waals surface area contributed by atoms with Crippen molar-refractivity contribution in [3.05, 3.63) is 16.1 Å². The van der Waals surface area contributed by atoms with Gasteiger partial charge in [0.1, 0.15) is 5.01 Å². The second-order valence-corrected chi connectivity index (χ2v) is 8.42. The third-order valence-corrected chi connectivity index (χ3v) is 6.55. The number of likely N-dealkylation sites (tertiary alicyclic amines) is 2. The average molecular weight is 350 g/mol. The van der Waals surface area contributed by atoms with Crippen LogP contribution in [0, 0.1) is 18.3 Å². The molecule has 7 heteroatoms. The minimum atomic E-state index is 0.0711. The van der Waals surface area contributed by atoms with Crippen LogP contribution in [-0.2, 0) is 11.3 Å². The molecule has 0 saturated carbocycles. The Morgan fingerprint density at radius 1 is 1.50 bits per heavy atom. The summed E-state index contributed by atoms with van der Waals surface area (Å²) < 4.78 is 5.77. The molecule has 1 aromatic heterocycles. The van der Waals surface area contributed by atoms with Gasteiger partial charge in [-0.05, 0) is 19.8 Å². The van der Waals surface area contributed by atoms with Gasteiger partial charge in [0.2, 0.25) is 0 Å². The highest BCUT2D eigenvalue weighted by Crippen LogP contribution is 2.41. The summed E-state index contributed by atoms with van der Waals surface area (Å²) in [4.78, 5) is 21.3. The first-order valence-electron chi connectivity index (χ1n) is 8.88. The summed E-state index contributed by atoms with van der Waals surface area (Å²) in [6.07, 6.45) is 2.26. The monoisotopic (exact) mass is 350 g/mol. The van der Waals surface area contributed by atoms with Crippen molar-refractivity contribution in [2.24, 2.45) is 11.3 Å². The number of aryl methyl sites for hydroxylation is 1. The number of thiazole rings is 1. The van der Waals surface area contributed by atoms with Crippen molar-refractivity contribution >= 4 is 17.4 Å². The zero-order valence-corrected chi connectivity index (χ0v) is 15.1. The number of nitrogens with zero attached hydrogens (tertiary/aromatic N) is 3. The summed E-state index contributed by atoms with van der Waals surface area (Å²) in [6, 6.07) is 0.0986. The van der Waals surface area contributed by atoms with E-state index in [1.807, 2.05) is 11.8 Å². The molecule has 3 aliphatic rings. The molecule has 2 amide bonds. The molecule has 0 radical (unpaired) electrons. The number of nitrogens with one attached hydrogen (secondary N) is 1. The van der Waals surface area contributed by atoms with E-state index in [-0.39, 0.29) is 11.4 Å². The summed E-state index contributed by atoms with van der Waals surface area (Å²) in [5, 5.41) is 6.48. The summed E-state index contributed by atoms with van der Waals surface area (Å²) in [5.74, 6) is 0.512. The molecule has 3 aliphatic heterocycles. The van der Waals surface area contributed by atoms with E-state index in [4.69, 9.17) is 4.74 Å². The highest BCUT2D eigenvalue weighted by Gasteiger charge is 2.50. The molecular formula is C17H26N4O2S. The van der Waals surface area contributed by atoms with Gasteiger partial charge in [-0.25, -0.2) is 9.78 Å². The SMILES string of the molecule is Cc1csc(CN2C[C@@H]3COC[C@]3(CNC(=O)N3CCCC3)C2)n1. The van der Waals surface area contributed by atoms with Crippen LogP contribution in [0.2, 0.25) is 0 Å². The van der Waals surface area contributed by atoms with E-state index in [0.29, 0.717) is 5.92 Å². The molecule has 2 atom stereocenters. The van der Waals surface area contributed by atoms with E-state index in [1.54, 1.807) is 11.3 Å². The van der Waals surface area contributed by atoms with Crippen molar-refractivity contribution in [3.63, 3.8) is 0 Å². The van der Waals surface area contributed by atoms with Crippen molar-refractivity contribution in [1.82, 2.24) is 20.1 Å². The standard InChI is InChI=1S/C17H26N4O2S/c1-13-9-24-15(19-13)7-20-6-14-8-23-12-17(14,11-20)10-18-16(22)21-4-2-3-5-21/h9,14H,2-8,10-12H2,1H3,(H,18,22)/t14-,17+/m1/s1. The molecule has 132 valence electrons. The van der Waals surface area contributed by atoms with Crippen molar-refractivity contribution in [1.29, 1.82) is 0 Å². The number of urea groups is 1. The van der Waals surface area contributed by atoms with Gasteiger partial charge in [-0.2, -0.15) is 0 Å². The van der Waals surface area contributed by atoms with Gasteiger partial charge in [-0.3, -0.25) is 4.90 Å². The number of hydrogen-bond donors (Lipinski definition) is 1. The molecule has 0 spiro atoms. The van der Waals surface area contributed by atoms with Gasteiger partial charge in [-0.15, -0.1) is 11.3 Å². The van der Waals surface area contributed by atoms with E-state index >= 15 is 0 Å². The molecule has 0 bridgehead atoms. The Bertz CT molecular complexity index is 601. The second-order valence-electron chi connectivity index (χ2n) is 7.48. The van der Waals surface area contributed by atoms with E-state index in [9.17, 15) is 4.79 Å². The Morgan fingerprint density at radius 3 is 3.08 bits per heavy atom. The summed E-state index contributed by atoms with van der Waals surface area (Å²) in [6.45, 7) is 9.06. The topological polar surface area (TPSA) is 57.7 Å². The van der Waals surface area contributed by atoms with E-state index in [0.717, 1.165) is 71.0 Å². The highest BCUT2D eigenvalue weighted by atomic mass is 32.1. The number of amides is 2. The van der Waals surface area contributed by atoms with Gasteiger partial charge in [0.05, 0.1) is 19.8 Å². The lowest BCUT2D eigenvalue weighted by Gasteiger charge is -2.28. The number of rotatable bonds is 4. The molecule has 4 heterocycles. The third-order valence-electron chi connectivity index (χ3n) is 5.60. The quantitative estimate of drug-likeness (QED) is 0.898. The third kappa shape index (κ3) is 3.17. The Kier molecular flexibility index (Phi) is 4.49. The predicted molar refractivity (Wildman–Crippen MR) is 93.1 cm³/mol. The maximum atomic E-state index is 12.3. The van der Waals surface area contributed by atoms with Crippen LogP contribution in [0.25, 0.3) is 0 Å². The maximum Gasteiger partial charge on any atom is 0.317 e. The minimum absolute atomic E-state index is 0.0711. The Balaban J connectivity index is 1.36. The fourth-order valence-electron chi connectivity index (χ4n) is 4.26. The van der Waals surface area contributed by atoms with Gasteiger partial charge in [0.25, 0.3) is 0 Å². The van der Waals surface area contributed by atoms with E-state index < -0.39 is 0 Å². The highest BCUT2D eigenvalue weighted by molar-refractivity contribution is 7.09. The van der Waals surface area contributed by atoms with Crippen LogP contribution in [-0.4, -0.2) is 66.8 Å². The lowest BCUT2D eigenvalue weighted by molar-refractivity contribution is 0.125. The van der Waals surface area contributed by atoms with Crippen LogP contribution in [0.1, 0.15) is 23.5 Å². The molecule has 6 nitrogen and oxygen atoms in total. The molecule has 0 unspecified atom stereocenters. The molecule has 1 N–H and O–H groups in total. The Labute approximate surface area is 147 Å². The van der Waals surface area contributed by atoms with Crippen LogP contribution in [0.4, 0.5) is 4.79 Å². The first-order chi connectivity index (χ1) is 11.6. The number of ether oxygens (including phenoxy) is 1. The number of hydrogen-bond acceptors (Lipinski definition) is 5. The van der Waals surface area contributed by atoms with Gasteiger partial charge in [-0.1, -0.05) is 0 Å². The van der Waals surface area contributed by atoms with Crippen LogP contribution >= 0.6 is 11.3 Å². The average Bonchev–Trinajstić information content (AvgIpc) is 3.29. The lowest BCUT2D eigenvalue weighted by atomic mass is 9.81. The fraction of sp³-hybridized carbons (Fsp3) is 0.765. The fourth-order valence-corrected chi connectivity index (χ4v) is 5.08. The Hall–Kier alpha value is -1.18. The zero-order chi connectivity index (χ0) is 16.6. The summed E-state index contributed by atoms with van der Waals surface area (Å²) in [7, 11) is 0.